The van der Waals surface area contributed by atoms with E-state index in [4.69, 9.17) is 14.3 Å². The molecule has 0 aromatic rings. The molecular weight excluding hydrogens is 304 g/mol. The molecule has 1 aliphatic carbocycles. The van der Waals surface area contributed by atoms with Crippen LogP contribution in [0.3, 0.4) is 0 Å². The summed E-state index contributed by atoms with van der Waals surface area (Å²) < 4.78 is 11.4. The first-order valence-electron chi connectivity index (χ1n) is 7.52. The predicted octanol–water partition coefficient (Wildman–Crippen LogP) is 1.70. The molecule has 0 amide bonds. The summed E-state index contributed by atoms with van der Waals surface area (Å²) in [5, 5.41) is 4.47. The molecule has 1 heterocycles. The van der Waals surface area contributed by atoms with Gasteiger partial charge in [-0.05, 0) is 18.2 Å². The normalized spacial score (nSPS) is 22.0. The average molecular weight is 328 g/mol. The molecule has 7 heteroatoms. The summed E-state index contributed by atoms with van der Waals surface area (Å²) in [7, 11) is 1.75. The summed E-state index contributed by atoms with van der Waals surface area (Å²) in [4.78, 5) is 17.9. The quantitative estimate of drug-likeness (QED) is 0.519. The van der Waals surface area contributed by atoms with Crippen molar-refractivity contribution in [2.75, 3.05) is 26.9 Å². The largest absolute Gasteiger partial charge is 0.393 e. The maximum absolute atomic E-state index is 12.0. The fourth-order valence-corrected chi connectivity index (χ4v) is 3.21. The minimum absolute atomic E-state index is 0.00297. The molecule has 124 valence electrons. The molecule has 1 saturated carbocycles. The van der Waals surface area contributed by atoms with Gasteiger partial charge in [-0.25, -0.2) is 0 Å². The number of hydroxylamine groups is 1. The van der Waals surface area contributed by atoms with E-state index in [9.17, 15) is 4.79 Å². The summed E-state index contributed by atoms with van der Waals surface area (Å²) in [6.07, 6.45) is 5.19. The molecule has 0 radical (unpaired) electrons. The van der Waals surface area contributed by atoms with Crippen molar-refractivity contribution in [3.05, 3.63) is 23.1 Å². The molecule has 2 aliphatic rings. The molecule has 6 nitrogen and oxygen atoms in total. The van der Waals surface area contributed by atoms with E-state index in [1.807, 2.05) is 0 Å². The molecule has 2 rings (SSSR count). The highest BCUT2D eigenvalue weighted by Crippen LogP contribution is 2.35. The van der Waals surface area contributed by atoms with E-state index in [0.717, 1.165) is 25.7 Å². The van der Waals surface area contributed by atoms with E-state index >= 15 is 0 Å². The lowest BCUT2D eigenvalue weighted by atomic mass is 9.90. The Morgan fingerprint density at radius 2 is 2.09 bits per heavy atom. The third kappa shape index (κ3) is 4.82. The molecule has 1 aliphatic heterocycles. The highest BCUT2D eigenvalue weighted by molar-refractivity contribution is 8.06. The average Bonchev–Trinajstić information content (AvgIpc) is 2.97. The molecule has 1 saturated heterocycles. The highest BCUT2D eigenvalue weighted by Gasteiger charge is 2.40. The lowest BCUT2D eigenvalue weighted by Crippen LogP contribution is -2.42. The molecule has 0 aromatic carbocycles. The van der Waals surface area contributed by atoms with Gasteiger partial charge in [-0.15, -0.1) is 0 Å². The Morgan fingerprint density at radius 3 is 2.68 bits per heavy atom. The number of rotatable bonds is 8. The summed E-state index contributed by atoms with van der Waals surface area (Å²) >= 11 is 1.28. The zero-order valence-electron chi connectivity index (χ0n) is 12.9. The molecule has 0 unspecified atom stereocenters. The van der Waals surface area contributed by atoms with Crippen molar-refractivity contribution in [1.29, 1.82) is 0 Å². The Labute approximate surface area is 135 Å². The topological polar surface area (TPSA) is 68.8 Å². The first-order valence-corrected chi connectivity index (χ1v) is 8.40. The van der Waals surface area contributed by atoms with Crippen LogP contribution in [0.25, 0.3) is 0 Å². The number of carbonyl (C=O) groups is 1. The van der Waals surface area contributed by atoms with Crippen molar-refractivity contribution in [2.45, 2.75) is 37.5 Å². The fraction of sp³-hybridized carbons (Fsp3) is 0.667. The number of ether oxygens (including phenoxy) is 2. The van der Waals surface area contributed by atoms with Crippen molar-refractivity contribution >= 4 is 17.5 Å². The number of Topliss-reactive ketones (excluding diaryl/α,β-unsaturated/α-hetero) is 1. The van der Waals surface area contributed by atoms with Crippen LogP contribution >= 0.6 is 11.8 Å². The monoisotopic (exact) mass is 328 g/mol. The van der Waals surface area contributed by atoms with E-state index in [0.29, 0.717) is 18.1 Å². The lowest BCUT2D eigenvalue weighted by Gasteiger charge is -2.35. The number of ketones is 1. The number of hydrogen-bond acceptors (Lipinski definition) is 7. The Hall–Kier alpha value is -0.860. The maximum atomic E-state index is 12.0. The van der Waals surface area contributed by atoms with Crippen molar-refractivity contribution in [3.8, 4) is 0 Å². The Balaban J connectivity index is 1.67. The van der Waals surface area contributed by atoms with E-state index in [1.165, 1.54) is 11.8 Å². The summed E-state index contributed by atoms with van der Waals surface area (Å²) in [6, 6.07) is 0.231. The highest BCUT2D eigenvalue weighted by atomic mass is 32.2. The zero-order valence-corrected chi connectivity index (χ0v) is 13.7. The van der Waals surface area contributed by atoms with Gasteiger partial charge in [0.25, 0.3) is 0 Å². The van der Waals surface area contributed by atoms with Gasteiger partial charge >= 0.3 is 0 Å². The Morgan fingerprint density at radius 1 is 1.41 bits per heavy atom. The van der Waals surface area contributed by atoms with Crippen LogP contribution in [0.1, 0.15) is 25.7 Å². The SMILES string of the molecule is C=CS/C(=C/NC)C(=O)CONC1CCC2(CC1)OCCO2. The minimum Gasteiger partial charge on any atom is -0.393 e. The van der Waals surface area contributed by atoms with Gasteiger partial charge in [0, 0.05) is 32.1 Å². The smallest absolute Gasteiger partial charge is 0.198 e. The Bertz CT molecular complexity index is 412. The number of hydrogen-bond donors (Lipinski definition) is 2. The molecule has 0 atom stereocenters. The lowest BCUT2D eigenvalue weighted by molar-refractivity contribution is -0.184. The molecule has 2 N–H and O–H groups in total. The minimum atomic E-state index is -0.364. The van der Waals surface area contributed by atoms with E-state index in [1.54, 1.807) is 18.7 Å². The summed E-state index contributed by atoms with van der Waals surface area (Å²) in [5.41, 5.74) is 2.98. The molecule has 22 heavy (non-hydrogen) atoms. The van der Waals surface area contributed by atoms with Gasteiger partial charge in [0.2, 0.25) is 0 Å². The van der Waals surface area contributed by atoms with Crippen LogP contribution in [0.2, 0.25) is 0 Å². The second-order valence-corrected chi connectivity index (χ2v) is 6.30. The third-order valence-electron chi connectivity index (χ3n) is 3.77. The standard InChI is InChI=1S/C15H24N2O4S/c1-3-22-14(10-16-2)13(18)11-21-17-12-4-6-15(7-5-12)19-8-9-20-15/h3,10,12,16-17H,1,4-9,11H2,2H3/b14-10+. The van der Waals surface area contributed by atoms with Crippen LogP contribution in [0.4, 0.5) is 0 Å². The van der Waals surface area contributed by atoms with Crippen molar-refractivity contribution in [3.63, 3.8) is 0 Å². The number of nitrogens with one attached hydrogen (secondary N) is 2. The summed E-state index contributed by atoms with van der Waals surface area (Å²) in [5.74, 6) is -0.446. The van der Waals surface area contributed by atoms with Gasteiger partial charge in [-0.2, -0.15) is 5.48 Å². The summed E-state index contributed by atoms with van der Waals surface area (Å²) in [6.45, 7) is 4.99. The van der Waals surface area contributed by atoms with Crippen LogP contribution in [-0.2, 0) is 19.1 Å². The fourth-order valence-electron chi connectivity index (χ4n) is 2.66. The van der Waals surface area contributed by atoms with Gasteiger partial charge in [0.15, 0.2) is 11.6 Å². The van der Waals surface area contributed by atoms with Gasteiger partial charge in [0.1, 0.15) is 6.61 Å². The van der Waals surface area contributed by atoms with E-state index in [2.05, 4.69) is 17.4 Å². The Kier molecular flexibility index (Phi) is 6.91. The third-order valence-corrected chi connectivity index (χ3v) is 4.54. The number of thioether (sulfide) groups is 1. The molecule has 0 aromatic heterocycles. The molecule has 2 fully saturated rings. The van der Waals surface area contributed by atoms with E-state index < -0.39 is 0 Å². The van der Waals surface area contributed by atoms with Gasteiger partial charge in [0.05, 0.1) is 18.1 Å². The first kappa shape index (κ1) is 17.5. The van der Waals surface area contributed by atoms with Gasteiger partial charge in [-0.1, -0.05) is 18.3 Å². The predicted molar refractivity (Wildman–Crippen MR) is 85.9 cm³/mol. The number of carbonyl (C=O) groups excluding carboxylic acids is 1. The van der Waals surface area contributed by atoms with Crippen molar-refractivity contribution in [1.82, 2.24) is 10.8 Å². The zero-order chi connectivity index (χ0) is 15.8. The van der Waals surface area contributed by atoms with E-state index in [-0.39, 0.29) is 24.2 Å². The maximum Gasteiger partial charge on any atom is 0.198 e. The molecule has 1 spiro atoms. The first-order chi connectivity index (χ1) is 10.7. The molecular formula is C15H24N2O4S. The van der Waals surface area contributed by atoms with Crippen LogP contribution in [0.15, 0.2) is 23.1 Å². The van der Waals surface area contributed by atoms with Crippen molar-refractivity contribution in [2.24, 2.45) is 0 Å². The molecule has 0 bridgehead atoms. The van der Waals surface area contributed by atoms with Crippen LogP contribution in [0.5, 0.6) is 0 Å². The van der Waals surface area contributed by atoms with Gasteiger partial charge in [-0.3, -0.25) is 9.63 Å². The van der Waals surface area contributed by atoms with Crippen LogP contribution in [0, 0.1) is 0 Å². The van der Waals surface area contributed by atoms with Crippen LogP contribution < -0.4 is 10.8 Å². The van der Waals surface area contributed by atoms with Crippen molar-refractivity contribution < 1.29 is 19.1 Å². The van der Waals surface area contributed by atoms with Gasteiger partial charge < -0.3 is 14.8 Å². The second kappa shape index (κ2) is 8.69. The second-order valence-electron chi connectivity index (χ2n) is 5.29. The van der Waals surface area contributed by atoms with Crippen LogP contribution in [-0.4, -0.2) is 44.5 Å².